The van der Waals surface area contributed by atoms with Crippen molar-refractivity contribution in [2.24, 2.45) is 5.73 Å². The number of hydrogen-bond donors (Lipinski definition) is 2. The van der Waals surface area contributed by atoms with E-state index in [-0.39, 0.29) is 43.2 Å². The molecular formula is C29H28ClN5O3. The van der Waals surface area contributed by atoms with E-state index in [1.165, 1.54) is 4.90 Å². The molecule has 1 saturated heterocycles. The highest BCUT2D eigenvalue weighted by Crippen LogP contribution is 2.30. The van der Waals surface area contributed by atoms with Crippen molar-refractivity contribution in [1.29, 1.82) is 5.41 Å². The van der Waals surface area contributed by atoms with E-state index < -0.39 is 0 Å². The molecule has 0 saturated carbocycles. The highest BCUT2D eigenvalue weighted by Gasteiger charge is 2.30. The van der Waals surface area contributed by atoms with Crippen LogP contribution in [0.4, 0.5) is 5.69 Å². The molecule has 0 radical (unpaired) electrons. The molecule has 5 rings (SSSR count). The van der Waals surface area contributed by atoms with Gasteiger partial charge in [-0.3, -0.25) is 19.8 Å². The minimum absolute atomic E-state index is 0.0210. The number of fused-ring (bicyclic) bond motifs is 1. The summed E-state index contributed by atoms with van der Waals surface area (Å²) in [6.07, 6.45) is 2.06. The van der Waals surface area contributed by atoms with E-state index in [0.29, 0.717) is 27.4 Å². The third-order valence-corrected chi connectivity index (χ3v) is 7.24. The first-order valence-corrected chi connectivity index (χ1v) is 12.9. The Labute approximate surface area is 226 Å². The summed E-state index contributed by atoms with van der Waals surface area (Å²) in [7, 11) is 0. The van der Waals surface area contributed by atoms with E-state index in [4.69, 9.17) is 22.7 Å². The summed E-state index contributed by atoms with van der Waals surface area (Å²) in [4.78, 5) is 44.6. The summed E-state index contributed by atoms with van der Waals surface area (Å²) >= 11 is 5.98. The van der Waals surface area contributed by atoms with Gasteiger partial charge in [0.15, 0.2) is 0 Å². The average molecular weight is 530 g/mol. The first kappa shape index (κ1) is 25.5. The van der Waals surface area contributed by atoms with Crippen molar-refractivity contribution in [3.05, 3.63) is 99.6 Å². The van der Waals surface area contributed by atoms with Gasteiger partial charge >= 0.3 is 0 Å². The molecule has 3 aromatic rings. The number of benzene rings is 3. The Morgan fingerprint density at radius 1 is 0.816 bits per heavy atom. The van der Waals surface area contributed by atoms with Gasteiger partial charge in [0, 0.05) is 47.0 Å². The van der Waals surface area contributed by atoms with Crippen molar-refractivity contribution in [1.82, 2.24) is 9.80 Å². The van der Waals surface area contributed by atoms with Gasteiger partial charge in [0.25, 0.3) is 11.8 Å². The topological polar surface area (TPSA) is 111 Å². The fourth-order valence-corrected chi connectivity index (χ4v) is 5.02. The van der Waals surface area contributed by atoms with Crippen molar-refractivity contribution in [3.63, 3.8) is 0 Å². The molecule has 0 aliphatic carbocycles. The number of halogens is 1. The number of nitrogen functional groups attached to an aromatic ring is 1. The number of carbonyl (C=O) groups excluding carboxylic acids is 3. The normalized spacial score (nSPS) is 15.3. The Kier molecular flexibility index (Phi) is 7.15. The van der Waals surface area contributed by atoms with Gasteiger partial charge in [-0.1, -0.05) is 35.9 Å². The predicted molar refractivity (Wildman–Crippen MR) is 146 cm³/mol. The van der Waals surface area contributed by atoms with Crippen LogP contribution in [0.25, 0.3) is 0 Å². The number of rotatable bonds is 5. The maximum atomic E-state index is 13.6. The average Bonchev–Trinajstić information content (AvgIpc) is 3.42. The summed E-state index contributed by atoms with van der Waals surface area (Å²) in [6.45, 7) is 1.92. The zero-order chi connectivity index (χ0) is 26.8. The van der Waals surface area contributed by atoms with Gasteiger partial charge in [0.05, 0.1) is 6.54 Å². The van der Waals surface area contributed by atoms with Crippen molar-refractivity contribution in [3.8, 4) is 0 Å². The molecule has 2 aliphatic heterocycles. The van der Waals surface area contributed by atoms with Gasteiger partial charge < -0.3 is 20.4 Å². The second-order valence-corrected chi connectivity index (χ2v) is 10.0. The number of amidine groups is 1. The van der Waals surface area contributed by atoms with E-state index in [2.05, 4.69) is 0 Å². The molecule has 0 bridgehead atoms. The molecule has 1 fully saturated rings. The van der Waals surface area contributed by atoms with Crippen LogP contribution in [-0.2, 0) is 17.9 Å². The second-order valence-electron chi connectivity index (χ2n) is 9.60. The lowest BCUT2D eigenvalue weighted by Crippen LogP contribution is -2.39. The zero-order valence-corrected chi connectivity index (χ0v) is 21.6. The molecule has 0 spiro atoms. The lowest BCUT2D eigenvalue weighted by atomic mass is 10.1. The van der Waals surface area contributed by atoms with Crippen LogP contribution in [0.1, 0.15) is 50.2 Å². The molecule has 2 heterocycles. The Morgan fingerprint density at radius 3 is 2.03 bits per heavy atom. The van der Waals surface area contributed by atoms with Crippen LogP contribution in [0, 0.1) is 5.41 Å². The quantitative estimate of drug-likeness (QED) is 0.383. The number of likely N-dealkylation sites (tertiary alicyclic amines) is 1. The fourth-order valence-electron chi connectivity index (χ4n) is 4.89. The maximum absolute atomic E-state index is 13.6. The molecule has 38 heavy (non-hydrogen) atoms. The van der Waals surface area contributed by atoms with Crippen LogP contribution in [0.3, 0.4) is 0 Å². The summed E-state index contributed by atoms with van der Waals surface area (Å²) in [5, 5.41) is 8.40. The minimum atomic E-state index is -0.275. The largest absolute Gasteiger partial charge is 0.384 e. The van der Waals surface area contributed by atoms with Crippen molar-refractivity contribution in [2.75, 3.05) is 24.5 Å². The number of nitrogens with two attached hydrogens (primary N) is 1. The molecule has 9 heteroatoms. The Hall–Kier alpha value is -4.17. The highest BCUT2D eigenvalue weighted by molar-refractivity contribution is 6.30. The van der Waals surface area contributed by atoms with E-state index in [0.717, 1.165) is 37.1 Å². The summed E-state index contributed by atoms with van der Waals surface area (Å²) in [5.74, 6) is -0.622. The van der Waals surface area contributed by atoms with Crippen molar-refractivity contribution >= 4 is 40.8 Å². The Bertz CT molecular complexity index is 1400. The van der Waals surface area contributed by atoms with E-state index in [9.17, 15) is 14.4 Å². The summed E-state index contributed by atoms with van der Waals surface area (Å²) in [5.41, 5.74) is 9.51. The molecule has 2 aliphatic rings. The molecule has 8 nitrogen and oxygen atoms in total. The minimum Gasteiger partial charge on any atom is -0.384 e. The molecule has 194 valence electrons. The Balaban J connectivity index is 1.43. The van der Waals surface area contributed by atoms with Crippen LogP contribution < -0.4 is 10.6 Å². The lowest BCUT2D eigenvalue weighted by Gasteiger charge is -2.24. The zero-order valence-electron chi connectivity index (χ0n) is 20.8. The molecule has 0 aromatic heterocycles. The number of nitrogens with zero attached hydrogens (tertiary/aromatic N) is 3. The molecule has 0 unspecified atom stereocenters. The molecule has 3 amide bonds. The summed E-state index contributed by atoms with van der Waals surface area (Å²) in [6, 6.07) is 19.1. The van der Waals surface area contributed by atoms with Gasteiger partial charge in [-0.15, -0.1) is 0 Å². The first-order valence-electron chi connectivity index (χ1n) is 12.5. The molecule has 0 atom stereocenters. The summed E-state index contributed by atoms with van der Waals surface area (Å²) < 4.78 is 0. The number of amides is 3. The third kappa shape index (κ3) is 5.26. The number of nitrogens with one attached hydrogen (secondary N) is 1. The SMILES string of the molecule is N=C(N)c1ccc2c(c1)N(Cc1ccc(C(=O)N3CCCC3)cc1)C(=O)CN(C(=O)c1ccc(Cl)cc1)C2. The van der Waals surface area contributed by atoms with E-state index in [1.807, 2.05) is 17.0 Å². The van der Waals surface area contributed by atoms with Gasteiger partial charge in [0.1, 0.15) is 12.4 Å². The van der Waals surface area contributed by atoms with Crippen molar-refractivity contribution < 1.29 is 14.4 Å². The smallest absolute Gasteiger partial charge is 0.254 e. The van der Waals surface area contributed by atoms with E-state index in [1.54, 1.807) is 59.5 Å². The number of anilines is 1. The third-order valence-electron chi connectivity index (χ3n) is 6.99. The van der Waals surface area contributed by atoms with Gasteiger partial charge in [-0.25, -0.2) is 0 Å². The predicted octanol–water partition coefficient (Wildman–Crippen LogP) is 4.05. The van der Waals surface area contributed by atoms with Crippen LogP contribution in [0.15, 0.2) is 66.7 Å². The second kappa shape index (κ2) is 10.7. The standard InChI is InChI=1S/C29H28ClN5O3/c30-24-11-9-21(10-12-24)29(38)34-17-23-8-7-22(27(31)32)15-25(23)35(26(36)18-34)16-19-3-5-20(6-4-19)28(37)33-13-1-2-14-33/h3-12,15H,1-2,13-14,16-18H2,(H3,31,32). The molecular weight excluding hydrogens is 502 g/mol. The van der Waals surface area contributed by atoms with Crippen LogP contribution in [0.2, 0.25) is 5.02 Å². The maximum Gasteiger partial charge on any atom is 0.254 e. The molecule has 3 aromatic carbocycles. The van der Waals surface area contributed by atoms with Gasteiger partial charge in [-0.05, 0) is 66.4 Å². The lowest BCUT2D eigenvalue weighted by molar-refractivity contribution is -0.119. The Morgan fingerprint density at radius 2 is 1.39 bits per heavy atom. The number of carbonyl (C=O) groups is 3. The first-order chi connectivity index (χ1) is 18.3. The fraction of sp³-hybridized carbons (Fsp3) is 0.241. The van der Waals surface area contributed by atoms with Crippen LogP contribution in [0.5, 0.6) is 0 Å². The highest BCUT2D eigenvalue weighted by atomic mass is 35.5. The van der Waals surface area contributed by atoms with Crippen LogP contribution >= 0.6 is 11.6 Å². The van der Waals surface area contributed by atoms with Gasteiger partial charge in [0.2, 0.25) is 5.91 Å². The van der Waals surface area contributed by atoms with Crippen molar-refractivity contribution in [2.45, 2.75) is 25.9 Å². The van der Waals surface area contributed by atoms with E-state index >= 15 is 0 Å². The molecule has 3 N–H and O–H groups in total. The monoisotopic (exact) mass is 529 g/mol. The number of hydrogen-bond acceptors (Lipinski definition) is 4. The van der Waals surface area contributed by atoms with Crippen LogP contribution in [-0.4, -0.2) is 53.0 Å². The van der Waals surface area contributed by atoms with Gasteiger partial charge in [-0.2, -0.15) is 0 Å².